The predicted molar refractivity (Wildman–Crippen MR) is 134 cm³/mol. The van der Waals surface area contributed by atoms with E-state index in [0.29, 0.717) is 17.0 Å². The number of methoxy groups -OCH3 is 1. The van der Waals surface area contributed by atoms with E-state index in [-0.39, 0.29) is 17.2 Å². The van der Waals surface area contributed by atoms with E-state index >= 15 is 4.39 Å². The molecule has 1 amide bonds. The van der Waals surface area contributed by atoms with E-state index in [4.69, 9.17) is 4.74 Å². The molecule has 4 aromatic rings. The van der Waals surface area contributed by atoms with Crippen molar-refractivity contribution in [2.24, 2.45) is 0 Å². The zero-order valence-electron chi connectivity index (χ0n) is 19.5. The molecule has 9 nitrogen and oxygen atoms in total. The molecule has 2 atom stereocenters. The summed E-state index contributed by atoms with van der Waals surface area (Å²) in [6.45, 7) is 1.65. The molecule has 2 aromatic heterocycles. The number of aromatic nitrogens is 2. The number of nitriles is 1. The van der Waals surface area contributed by atoms with Gasteiger partial charge in [-0.3, -0.25) is 4.98 Å². The topological polar surface area (TPSA) is 132 Å². The van der Waals surface area contributed by atoms with Gasteiger partial charge in [0.05, 0.1) is 30.3 Å². The van der Waals surface area contributed by atoms with Crippen LogP contribution in [0.3, 0.4) is 0 Å². The summed E-state index contributed by atoms with van der Waals surface area (Å²) in [6.07, 6.45) is 0.478. The average molecular weight is 487 g/mol. The summed E-state index contributed by atoms with van der Waals surface area (Å²) in [6, 6.07) is 17.8. The second-order valence-electron chi connectivity index (χ2n) is 8.00. The van der Waals surface area contributed by atoms with Gasteiger partial charge in [-0.05, 0) is 55.0 Å². The van der Waals surface area contributed by atoms with E-state index in [2.05, 4.69) is 25.9 Å². The second kappa shape index (κ2) is 10.6. The van der Waals surface area contributed by atoms with Gasteiger partial charge >= 0.3 is 6.09 Å². The molecule has 0 aliphatic heterocycles. The van der Waals surface area contributed by atoms with Gasteiger partial charge in [-0.15, -0.1) is 0 Å². The van der Waals surface area contributed by atoms with E-state index in [0.717, 1.165) is 17.0 Å². The molecule has 0 fully saturated rings. The van der Waals surface area contributed by atoms with Crippen LogP contribution in [-0.2, 0) is 0 Å². The summed E-state index contributed by atoms with van der Waals surface area (Å²) in [5.74, 6) is -0.118. The quantitative estimate of drug-likeness (QED) is 0.267. The highest BCUT2D eigenvalue weighted by molar-refractivity contribution is 5.83. The van der Waals surface area contributed by atoms with Crippen molar-refractivity contribution in [1.29, 1.82) is 5.26 Å². The average Bonchev–Trinajstić information content (AvgIpc) is 2.88. The fourth-order valence-corrected chi connectivity index (χ4v) is 3.79. The summed E-state index contributed by atoms with van der Waals surface area (Å²) in [5, 5.41) is 28.2. The Labute approximate surface area is 206 Å². The molecule has 0 saturated carbocycles. The van der Waals surface area contributed by atoms with Crippen molar-refractivity contribution >= 4 is 34.3 Å². The van der Waals surface area contributed by atoms with E-state index in [1.165, 1.54) is 7.11 Å². The highest BCUT2D eigenvalue weighted by Gasteiger charge is 2.24. The number of ether oxygens (including phenoxy) is 1. The van der Waals surface area contributed by atoms with E-state index in [1.807, 2.05) is 30.3 Å². The van der Waals surface area contributed by atoms with Crippen molar-refractivity contribution in [3.05, 3.63) is 83.8 Å². The van der Waals surface area contributed by atoms with E-state index in [1.54, 1.807) is 43.5 Å². The monoisotopic (exact) mass is 486 g/mol. The smallest absolute Gasteiger partial charge is 0.404 e. The fraction of sp³-hybridized carbons (Fsp3) is 0.154. The summed E-state index contributed by atoms with van der Waals surface area (Å²) in [7, 11) is 1.54. The minimum Gasteiger partial charge on any atom is -0.497 e. The number of nitrogens with one attached hydrogen (secondary N) is 3. The highest BCUT2D eigenvalue weighted by atomic mass is 19.1. The Balaban J connectivity index is 1.69. The zero-order chi connectivity index (χ0) is 25.7. The summed E-state index contributed by atoms with van der Waals surface area (Å²) in [5.41, 5.74) is 2.14. The van der Waals surface area contributed by atoms with Crippen molar-refractivity contribution in [1.82, 2.24) is 15.3 Å². The van der Waals surface area contributed by atoms with Crippen LogP contribution >= 0.6 is 0 Å². The molecule has 0 radical (unpaired) electrons. The molecule has 4 rings (SSSR count). The van der Waals surface area contributed by atoms with E-state index < -0.39 is 24.0 Å². The Morgan fingerprint density at radius 1 is 1.14 bits per heavy atom. The molecule has 0 aliphatic rings. The Kier molecular flexibility index (Phi) is 7.11. The molecule has 36 heavy (non-hydrogen) atoms. The van der Waals surface area contributed by atoms with Crippen LogP contribution in [0.15, 0.2) is 66.9 Å². The number of halogens is 1. The van der Waals surface area contributed by atoms with Crippen LogP contribution < -0.4 is 20.7 Å². The predicted octanol–water partition coefficient (Wildman–Crippen LogP) is 5.20. The fourth-order valence-electron chi connectivity index (χ4n) is 3.79. The van der Waals surface area contributed by atoms with Crippen LogP contribution in [0.5, 0.6) is 5.75 Å². The number of carboxylic acid groups (broad SMARTS) is 1. The minimum atomic E-state index is -1.22. The van der Waals surface area contributed by atoms with Gasteiger partial charge in [0.15, 0.2) is 17.5 Å². The molecule has 0 saturated heterocycles. The maximum Gasteiger partial charge on any atom is 0.404 e. The molecule has 0 spiro atoms. The molecule has 0 bridgehead atoms. The van der Waals surface area contributed by atoms with Gasteiger partial charge in [0.25, 0.3) is 0 Å². The van der Waals surface area contributed by atoms with Gasteiger partial charge in [-0.2, -0.15) is 5.26 Å². The first-order chi connectivity index (χ1) is 17.4. The van der Waals surface area contributed by atoms with Crippen LogP contribution in [0.1, 0.15) is 24.1 Å². The Morgan fingerprint density at radius 2 is 1.92 bits per heavy atom. The number of hydrogen-bond donors (Lipinski definition) is 4. The van der Waals surface area contributed by atoms with Crippen LogP contribution in [0.25, 0.3) is 10.9 Å². The van der Waals surface area contributed by atoms with Gasteiger partial charge in [0.2, 0.25) is 0 Å². The first-order valence-corrected chi connectivity index (χ1v) is 11.0. The van der Waals surface area contributed by atoms with Gasteiger partial charge in [-0.1, -0.05) is 18.2 Å². The van der Waals surface area contributed by atoms with Gasteiger partial charge in [-0.25, -0.2) is 14.2 Å². The van der Waals surface area contributed by atoms with Crippen LogP contribution in [0.4, 0.5) is 26.5 Å². The number of fused-ring (bicyclic) bond motifs is 1. The minimum absolute atomic E-state index is 0.0158. The Hall–Kier alpha value is -4.91. The third kappa shape index (κ3) is 5.42. The molecule has 0 unspecified atom stereocenters. The second-order valence-corrected chi connectivity index (χ2v) is 8.00. The third-order valence-electron chi connectivity index (χ3n) is 5.58. The summed E-state index contributed by atoms with van der Waals surface area (Å²) in [4.78, 5) is 19.9. The van der Waals surface area contributed by atoms with Crippen LogP contribution in [0.2, 0.25) is 0 Å². The normalized spacial score (nSPS) is 12.3. The maximum atomic E-state index is 15.0. The molecule has 2 heterocycles. The number of rotatable bonds is 8. The summed E-state index contributed by atoms with van der Waals surface area (Å²) < 4.78 is 20.2. The molecule has 182 valence electrons. The van der Waals surface area contributed by atoms with Gasteiger partial charge < -0.3 is 25.8 Å². The first kappa shape index (κ1) is 24.2. The van der Waals surface area contributed by atoms with Crippen molar-refractivity contribution in [3.63, 3.8) is 0 Å². The lowest BCUT2D eigenvalue weighted by atomic mass is 10.00. The molecule has 4 N–H and O–H groups in total. The SMILES string of the molecule is COc1ccc([C@H](Nc2nc(Nc3ccc4ncccc4c3)c(C#N)cc2F)[C@H](C)NC(=O)O)cc1. The Bertz CT molecular complexity index is 1440. The molecular formula is C26H23FN6O3. The van der Waals surface area contributed by atoms with Crippen molar-refractivity contribution in [2.75, 3.05) is 17.7 Å². The number of amides is 1. The third-order valence-corrected chi connectivity index (χ3v) is 5.58. The lowest BCUT2D eigenvalue weighted by molar-refractivity contribution is 0.189. The standard InChI is InChI=1S/C26H23FN6O3/c1-15(30-26(34)35)23(16-5-8-20(36-2)9-6-16)32-25-21(27)13-18(14-28)24(33-25)31-19-7-10-22-17(12-19)4-3-11-29-22/h3-13,15,23,30H,1-2H3,(H,34,35)(H2,31,32,33)/t15-,23+/m0/s1. The Morgan fingerprint density at radius 3 is 2.61 bits per heavy atom. The summed E-state index contributed by atoms with van der Waals surface area (Å²) >= 11 is 0. The number of nitrogens with zero attached hydrogens (tertiary/aromatic N) is 3. The number of benzene rings is 2. The van der Waals surface area contributed by atoms with Crippen LogP contribution in [0, 0.1) is 17.1 Å². The lowest BCUT2D eigenvalue weighted by Gasteiger charge is -2.26. The van der Waals surface area contributed by atoms with Gasteiger partial charge in [0, 0.05) is 17.3 Å². The molecule has 0 aliphatic carbocycles. The highest BCUT2D eigenvalue weighted by Crippen LogP contribution is 2.29. The van der Waals surface area contributed by atoms with Gasteiger partial charge in [0.1, 0.15) is 11.8 Å². The van der Waals surface area contributed by atoms with E-state index in [9.17, 15) is 15.2 Å². The maximum absolute atomic E-state index is 15.0. The first-order valence-electron chi connectivity index (χ1n) is 11.0. The lowest BCUT2D eigenvalue weighted by Crippen LogP contribution is -2.39. The van der Waals surface area contributed by atoms with Crippen molar-refractivity contribution in [3.8, 4) is 11.8 Å². The number of carbonyl (C=O) groups is 1. The molecule has 10 heteroatoms. The largest absolute Gasteiger partial charge is 0.497 e. The molecule has 2 aromatic carbocycles. The van der Waals surface area contributed by atoms with Crippen molar-refractivity contribution < 1.29 is 19.0 Å². The zero-order valence-corrected chi connectivity index (χ0v) is 19.5. The van der Waals surface area contributed by atoms with Crippen molar-refractivity contribution in [2.45, 2.75) is 19.0 Å². The molecular weight excluding hydrogens is 463 g/mol. The number of pyridine rings is 2. The number of anilines is 3. The number of hydrogen-bond acceptors (Lipinski definition) is 7. The van der Waals surface area contributed by atoms with Crippen LogP contribution in [-0.4, -0.2) is 34.3 Å².